The Labute approximate surface area is 219 Å². The number of aliphatic hydroxyl groups excluding tert-OH is 2. The van der Waals surface area contributed by atoms with E-state index in [1.807, 2.05) is 20.8 Å². The molecule has 0 aromatic heterocycles. The van der Waals surface area contributed by atoms with Gasteiger partial charge in [-0.1, -0.05) is 20.8 Å². The Bertz CT molecular complexity index is 985. The van der Waals surface area contributed by atoms with Crippen LogP contribution in [0.3, 0.4) is 0 Å². The second kappa shape index (κ2) is 9.48. The van der Waals surface area contributed by atoms with E-state index in [1.54, 1.807) is 19.9 Å². The van der Waals surface area contributed by atoms with E-state index in [-0.39, 0.29) is 36.4 Å². The molecular weight excluding hydrogens is 499 g/mol. The van der Waals surface area contributed by atoms with Gasteiger partial charge in [-0.3, -0.25) is 9.32 Å². The van der Waals surface area contributed by atoms with Crippen molar-refractivity contribution < 1.29 is 44.1 Å². The summed E-state index contributed by atoms with van der Waals surface area (Å²) in [6.45, 7) is 9.20. The van der Waals surface area contributed by atoms with Crippen LogP contribution >= 0.6 is 7.82 Å². The zero-order valence-corrected chi connectivity index (χ0v) is 23.5. The number of allylic oxidation sites excluding steroid dienone is 1. The highest BCUT2D eigenvalue weighted by Crippen LogP contribution is 2.68. The molecule has 3 saturated carbocycles. The number of carbonyl (C=O) groups excluding carboxylic acids is 1. The second-order valence-electron chi connectivity index (χ2n) is 13.5. The van der Waals surface area contributed by atoms with E-state index in [0.29, 0.717) is 44.1 Å². The van der Waals surface area contributed by atoms with Crippen LogP contribution in [0.5, 0.6) is 0 Å². The minimum absolute atomic E-state index is 0.0955. The van der Waals surface area contributed by atoms with Crippen LogP contribution in [0.2, 0.25) is 0 Å². The smallest absolute Gasteiger partial charge is 0.390 e. The molecule has 37 heavy (non-hydrogen) atoms. The Hall–Kier alpha value is -0.640. The fraction of sp³-hybridized carbons (Fsp3) is 0.889. The Morgan fingerprint density at radius 3 is 2.38 bits per heavy atom. The van der Waals surface area contributed by atoms with Gasteiger partial charge in [0.05, 0.1) is 29.5 Å². The number of rotatable bonds is 7. The van der Waals surface area contributed by atoms with E-state index in [1.165, 1.54) is 0 Å². The average Bonchev–Trinajstić information content (AvgIpc) is 3.03. The zero-order chi connectivity index (χ0) is 27.8. The van der Waals surface area contributed by atoms with Gasteiger partial charge in [0.2, 0.25) is 0 Å². The number of hydrogen-bond donors (Lipinski definition) is 6. The number of aliphatic hydroxyl groups is 4. The predicted molar refractivity (Wildman–Crippen MR) is 136 cm³/mol. The number of fused-ring (bicyclic) bond motifs is 5. The normalized spacial score (nSPS) is 43.9. The van der Waals surface area contributed by atoms with Crippen molar-refractivity contribution in [1.29, 1.82) is 0 Å². The Morgan fingerprint density at radius 1 is 1.14 bits per heavy atom. The van der Waals surface area contributed by atoms with Gasteiger partial charge in [0.25, 0.3) is 0 Å². The number of ketones is 1. The first-order valence-corrected chi connectivity index (χ1v) is 15.2. The van der Waals surface area contributed by atoms with Gasteiger partial charge in [0.1, 0.15) is 0 Å². The summed E-state index contributed by atoms with van der Waals surface area (Å²) in [5.74, 6) is -1.05. The van der Waals surface area contributed by atoms with Gasteiger partial charge in [0, 0.05) is 11.3 Å². The quantitative estimate of drug-likeness (QED) is 0.264. The molecule has 0 radical (unpaired) electrons. The molecule has 4 aliphatic carbocycles. The van der Waals surface area contributed by atoms with Crippen molar-refractivity contribution in [3.63, 3.8) is 0 Å². The highest BCUT2D eigenvalue weighted by atomic mass is 31.2. The molecule has 0 aromatic carbocycles. The van der Waals surface area contributed by atoms with Crippen LogP contribution in [-0.2, 0) is 13.9 Å². The first kappa shape index (κ1) is 29.3. The third-order valence-corrected chi connectivity index (χ3v) is 11.3. The van der Waals surface area contributed by atoms with E-state index in [4.69, 9.17) is 4.52 Å². The number of phosphoric acid groups is 1. The lowest BCUT2D eigenvalue weighted by Crippen LogP contribution is -2.61. The van der Waals surface area contributed by atoms with Gasteiger partial charge in [0.15, 0.2) is 5.78 Å². The summed E-state index contributed by atoms with van der Waals surface area (Å²) in [5.41, 5.74) is -2.77. The molecule has 0 heterocycles. The molecule has 0 bridgehead atoms. The molecule has 4 rings (SSSR count). The minimum atomic E-state index is -4.79. The predicted octanol–water partition coefficient (Wildman–Crippen LogP) is 2.86. The molecule has 0 aliphatic heterocycles. The van der Waals surface area contributed by atoms with E-state index in [9.17, 15) is 39.6 Å². The Kier molecular flexibility index (Phi) is 7.52. The van der Waals surface area contributed by atoms with Gasteiger partial charge >= 0.3 is 7.82 Å². The molecule has 10 heteroatoms. The first-order valence-electron chi connectivity index (χ1n) is 13.6. The molecule has 0 saturated heterocycles. The summed E-state index contributed by atoms with van der Waals surface area (Å²) in [6, 6.07) is 0. The molecule has 3 fully saturated rings. The highest BCUT2D eigenvalue weighted by molar-refractivity contribution is 7.46. The lowest BCUT2D eigenvalue weighted by molar-refractivity contribution is -0.154. The summed E-state index contributed by atoms with van der Waals surface area (Å²) in [7, 11) is -4.79. The maximum absolute atomic E-state index is 13.3. The molecule has 0 spiro atoms. The molecule has 0 aromatic rings. The van der Waals surface area contributed by atoms with Crippen molar-refractivity contribution in [2.45, 2.75) is 115 Å². The number of hydrogen-bond acceptors (Lipinski definition) is 7. The summed E-state index contributed by atoms with van der Waals surface area (Å²) in [6.07, 6.45) is 2.42. The lowest BCUT2D eigenvalue weighted by atomic mass is 9.46. The third kappa shape index (κ3) is 5.04. The van der Waals surface area contributed by atoms with Crippen LogP contribution in [0, 0.1) is 34.5 Å². The van der Waals surface area contributed by atoms with Gasteiger partial charge in [-0.15, -0.1) is 0 Å². The van der Waals surface area contributed by atoms with Gasteiger partial charge in [-0.25, -0.2) is 4.57 Å². The molecule has 0 amide bonds. The van der Waals surface area contributed by atoms with Crippen molar-refractivity contribution in [2.75, 3.05) is 0 Å². The molecule has 6 N–H and O–H groups in total. The monoisotopic (exact) mass is 544 g/mol. The fourth-order valence-electron chi connectivity index (χ4n) is 8.60. The zero-order valence-electron chi connectivity index (χ0n) is 22.6. The van der Waals surface area contributed by atoms with Gasteiger partial charge < -0.3 is 30.2 Å². The maximum Gasteiger partial charge on any atom is 0.469 e. The van der Waals surface area contributed by atoms with Crippen LogP contribution in [0.1, 0.15) is 86.0 Å². The third-order valence-electron chi connectivity index (χ3n) is 10.7. The van der Waals surface area contributed by atoms with E-state index in [2.05, 4.69) is 0 Å². The summed E-state index contributed by atoms with van der Waals surface area (Å²) < 4.78 is 17.1. The summed E-state index contributed by atoms with van der Waals surface area (Å²) in [5, 5.41) is 43.3. The Morgan fingerprint density at radius 2 is 1.78 bits per heavy atom. The topological polar surface area (TPSA) is 165 Å². The molecule has 4 aliphatic rings. The second-order valence-corrected chi connectivity index (χ2v) is 14.7. The molecule has 212 valence electrons. The standard InChI is InChI=1S/C27H45O9P/c1-15(23(36-37(33,34)35)8-9-24(2,3)31)16-7-11-27(32)18-12-20(28)19-13-21(29)22(30)14-25(19,4)17(18)6-10-26(16,27)5/h12,15-17,19,21-23,29-32H,6-11,13-14H2,1-5H3,(H2,33,34,35)/t15-,16+,17-,19-,21+,22-,23+,25+,26+,27?/m0/s1. The van der Waals surface area contributed by atoms with Crippen molar-refractivity contribution >= 4 is 13.6 Å². The van der Waals surface area contributed by atoms with Crippen LogP contribution < -0.4 is 0 Å². The minimum Gasteiger partial charge on any atom is -0.390 e. The van der Waals surface area contributed by atoms with Crippen LogP contribution in [0.25, 0.3) is 0 Å². The number of phosphoric ester groups is 1. The van der Waals surface area contributed by atoms with E-state index < -0.39 is 54.1 Å². The SMILES string of the molecule is C[C@@H]([C@H]1CCC2(O)C3=CC(=O)[C@@H]4C[C@@H](O)[C@@H](O)C[C@]4(C)[C@H]3CC[C@]12C)[C@@H](CCC(C)(C)O)OP(=O)(O)O. The summed E-state index contributed by atoms with van der Waals surface area (Å²) >= 11 is 0. The first-order chi connectivity index (χ1) is 16.8. The van der Waals surface area contributed by atoms with Crippen LogP contribution in [0.4, 0.5) is 0 Å². The lowest BCUT2D eigenvalue weighted by Gasteiger charge is -2.60. The average molecular weight is 545 g/mol. The van der Waals surface area contributed by atoms with Crippen LogP contribution in [-0.4, -0.2) is 65.5 Å². The van der Waals surface area contributed by atoms with Gasteiger partial charge in [-0.2, -0.15) is 0 Å². The van der Waals surface area contributed by atoms with Gasteiger partial charge in [-0.05, 0) is 100 Å². The number of carbonyl (C=O) groups is 1. The molecule has 1 unspecified atom stereocenters. The highest BCUT2D eigenvalue weighted by Gasteiger charge is 2.67. The largest absolute Gasteiger partial charge is 0.469 e. The van der Waals surface area contributed by atoms with Crippen molar-refractivity contribution in [2.24, 2.45) is 34.5 Å². The van der Waals surface area contributed by atoms with E-state index >= 15 is 0 Å². The fourth-order valence-corrected chi connectivity index (χ4v) is 9.25. The summed E-state index contributed by atoms with van der Waals surface area (Å²) in [4.78, 5) is 32.5. The molecular formula is C27H45O9P. The molecule has 10 atom stereocenters. The molecule has 9 nitrogen and oxygen atoms in total. The Balaban J connectivity index is 1.66. The van der Waals surface area contributed by atoms with Crippen molar-refractivity contribution in [3.05, 3.63) is 11.6 Å². The van der Waals surface area contributed by atoms with Crippen LogP contribution in [0.15, 0.2) is 11.6 Å². The van der Waals surface area contributed by atoms with E-state index in [0.717, 1.165) is 0 Å². The van der Waals surface area contributed by atoms with Crippen molar-refractivity contribution in [3.8, 4) is 0 Å². The van der Waals surface area contributed by atoms with Crippen molar-refractivity contribution in [1.82, 2.24) is 0 Å². The maximum atomic E-state index is 13.3.